The SMILES string of the molecule is COCCN(CC(=O)O)C(=O)Nc1cccc(COC)c1. The summed E-state index contributed by atoms with van der Waals surface area (Å²) in [6, 6.07) is 6.69. The summed E-state index contributed by atoms with van der Waals surface area (Å²) < 4.78 is 9.90. The highest BCUT2D eigenvalue weighted by molar-refractivity contribution is 5.91. The summed E-state index contributed by atoms with van der Waals surface area (Å²) in [5, 5.41) is 11.5. The van der Waals surface area contributed by atoms with Crippen LogP contribution in [0.2, 0.25) is 0 Å². The van der Waals surface area contributed by atoms with Crippen LogP contribution >= 0.6 is 0 Å². The molecule has 7 heteroatoms. The predicted molar refractivity (Wildman–Crippen MR) is 77.3 cm³/mol. The van der Waals surface area contributed by atoms with Gasteiger partial charge in [0.2, 0.25) is 0 Å². The number of carbonyl (C=O) groups is 2. The number of hydrogen-bond acceptors (Lipinski definition) is 4. The van der Waals surface area contributed by atoms with Crippen molar-refractivity contribution in [2.75, 3.05) is 39.2 Å². The molecule has 21 heavy (non-hydrogen) atoms. The molecular weight excluding hydrogens is 276 g/mol. The van der Waals surface area contributed by atoms with Gasteiger partial charge in [-0.25, -0.2) is 4.79 Å². The number of carboxylic acid groups (broad SMARTS) is 1. The lowest BCUT2D eigenvalue weighted by Gasteiger charge is -2.21. The van der Waals surface area contributed by atoms with Crippen LogP contribution in [-0.4, -0.2) is 55.9 Å². The van der Waals surface area contributed by atoms with Gasteiger partial charge in [-0.15, -0.1) is 0 Å². The van der Waals surface area contributed by atoms with Gasteiger partial charge in [-0.05, 0) is 17.7 Å². The van der Waals surface area contributed by atoms with Crippen LogP contribution < -0.4 is 5.32 Å². The summed E-state index contributed by atoms with van der Waals surface area (Å²) in [5.74, 6) is -1.07. The zero-order valence-electron chi connectivity index (χ0n) is 12.2. The Morgan fingerprint density at radius 3 is 2.67 bits per heavy atom. The molecule has 0 aliphatic rings. The third-order valence-corrected chi connectivity index (χ3v) is 2.67. The van der Waals surface area contributed by atoms with E-state index in [1.165, 1.54) is 12.0 Å². The van der Waals surface area contributed by atoms with Gasteiger partial charge in [-0.1, -0.05) is 12.1 Å². The van der Waals surface area contributed by atoms with E-state index in [9.17, 15) is 9.59 Å². The first-order valence-corrected chi connectivity index (χ1v) is 6.41. The number of rotatable bonds is 8. The maximum Gasteiger partial charge on any atom is 0.323 e. The van der Waals surface area contributed by atoms with Gasteiger partial charge in [0.25, 0.3) is 0 Å². The standard InChI is InChI=1S/C14H20N2O5/c1-20-7-6-16(9-13(17)18)14(19)15-12-5-3-4-11(8-12)10-21-2/h3-5,8H,6-7,9-10H2,1-2H3,(H,15,19)(H,17,18). The van der Waals surface area contributed by atoms with Gasteiger partial charge in [-0.3, -0.25) is 4.79 Å². The molecule has 0 fully saturated rings. The van der Waals surface area contributed by atoms with Gasteiger partial charge in [0.05, 0.1) is 13.2 Å². The molecule has 0 bridgehead atoms. The largest absolute Gasteiger partial charge is 0.480 e. The summed E-state index contributed by atoms with van der Waals surface area (Å²) in [6.45, 7) is 0.524. The molecule has 2 N–H and O–H groups in total. The van der Waals surface area contributed by atoms with Crippen molar-refractivity contribution in [3.8, 4) is 0 Å². The number of amides is 2. The molecule has 116 valence electrons. The number of methoxy groups -OCH3 is 2. The van der Waals surface area contributed by atoms with Crippen molar-refractivity contribution in [2.24, 2.45) is 0 Å². The molecule has 1 aromatic carbocycles. The van der Waals surface area contributed by atoms with Crippen molar-refractivity contribution in [2.45, 2.75) is 6.61 Å². The first kappa shape index (κ1) is 16.9. The molecule has 0 spiro atoms. The van der Waals surface area contributed by atoms with E-state index in [2.05, 4.69) is 5.32 Å². The van der Waals surface area contributed by atoms with Crippen LogP contribution in [-0.2, 0) is 20.9 Å². The average Bonchev–Trinajstić information content (AvgIpc) is 2.43. The molecule has 0 heterocycles. The molecular formula is C14H20N2O5. The number of ether oxygens (including phenoxy) is 2. The Balaban J connectivity index is 2.70. The predicted octanol–water partition coefficient (Wildman–Crippen LogP) is 1.40. The second kappa shape index (κ2) is 8.93. The van der Waals surface area contributed by atoms with Crippen LogP contribution in [0.5, 0.6) is 0 Å². The van der Waals surface area contributed by atoms with Crippen molar-refractivity contribution in [1.82, 2.24) is 4.90 Å². The van der Waals surface area contributed by atoms with Gasteiger partial charge < -0.3 is 24.8 Å². The number of aliphatic carboxylic acids is 1. The lowest BCUT2D eigenvalue weighted by molar-refractivity contribution is -0.137. The van der Waals surface area contributed by atoms with Gasteiger partial charge in [0.15, 0.2) is 0 Å². The quantitative estimate of drug-likeness (QED) is 0.757. The highest BCUT2D eigenvalue weighted by atomic mass is 16.5. The molecule has 0 radical (unpaired) electrons. The first-order valence-electron chi connectivity index (χ1n) is 6.41. The topological polar surface area (TPSA) is 88.1 Å². The number of carbonyl (C=O) groups excluding carboxylic acids is 1. The number of benzene rings is 1. The zero-order chi connectivity index (χ0) is 15.7. The molecule has 0 saturated carbocycles. The Morgan fingerprint density at radius 2 is 2.05 bits per heavy atom. The second-order valence-electron chi connectivity index (χ2n) is 4.37. The Hall–Kier alpha value is -2.12. The summed E-state index contributed by atoms with van der Waals surface area (Å²) in [4.78, 5) is 24.1. The highest BCUT2D eigenvalue weighted by Crippen LogP contribution is 2.12. The monoisotopic (exact) mass is 296 g/mol. The van der Waals surface area contributed by atoms with Gasteiger partial charge >= 0.3 is 12.0 Å². The van der Waals surface area contributed by atoms with Crippen LogP contribution in [0, 0.1) is 0 Å². The fourth-order valence-corrected chi connectivity index (χ4v) is 1.73. The van der Waals surface area contributed by atoms with E-state index in [1.807, 2.05) is 6.07 Å². The zero-order valence-corrected chi connectivity index (χ0v) is 12.2. The van der Waals surface area contributed by atoms with Crippen molar-refractivity contribution in [1.29, 1.82) is 0 Å². The van der Waals surface area contributed by atoms with Gasteiger partial charge in [0, 0.05) is 26.5 Å². The lowest BCUT2D eigenvalue weighted by atomic mass is 10.2. The fourth-order valence-electron chi connectivity index (χ4n) is 1.73. The molecule has 0 aliphatic carbocycles. The third-order valence-electron chi connectivity index (χ3n) is 2.67. The number of anilines is 1. The van der Waals surface area contributed by atoms with E-state index < -0.39 is 12.0 Å². The Kier molecular flexibility index (Phi) is 7.20. The molecule has 1 aromatic rings. The minimum atomic E-state index is -1.07. The Bertz CT molecular complexity index is 478. The highest BCUT2D eigenvalue weighted by Gasteiger charge is 2.16. The van der Waals surface area contributed by atoms with Crippen LogP contribution in [0.25, 0.3) is 0 Å². The Morgan fingerprint density at radius 1 is 1.29 bits per heavy atom. The maximum atomic E-state index is 12.1. The van der Waals surface area contributed by atoms with E-state index >= 15 is 0 Å². The molecule has 0 aliphatic heterocycles. The number of nitrogens with one attached hydrogen (secondary N) is 1. The van der Waals surface area contributed by atoms with Crippen LogP contribution in [0.3, 0.4) is 0 Å². The average molecular weight is 296 g/mol. The molecule has 0 aromatic heterocycles. The number of carboxylic acids is 1. The van der Waals surface area contributed by atoms with E-state index in [4.69, 9.17) is 14.6 Å². The molecule has 0 atom stereocenters. The number of urea groups is 1. The van der Waals surface area contributed by atoms with E-state index in [0.29, 0.717) is 12.3 Å². The van der Waals surface area contributed by atoms with Crippen molar-refractivity contribution < 1.29 is 24.2 Å². The van der Waals surface area contributed by atoms with Gasteiger partial charge in [-0.2, -0.15) is 0 Å². The van der Waals surface area contributed by atoms with E-state index in [-0.39, 0.29) is 19.7 Å². The molecule has 1 rings (SSSR count). The van der Waals surface area contributed by atoms with Crippen molar-refractivity contribution >= 4 is 17.7 Å². The van der Waals surface area contributed by atoms with Crippen LogP contribution in [0.4, 0.5) is 10.5 Å². The van der Waals surface area contributed by atoms with Crippen molar-refractivity contribution in [3.63, 3.8) is 0 Å². The molecule has 0 saturated heterocycles. The lowest BCUT2D eigenvalue weighted by Crippen LogP contribution is -2.40. The summed E-state index contributed by atoms with van der Waals surface area (Å²) in [5.41, 5.74) is 1.50. The number of hydrogen-bond donors (Lipinski definition) is 2. The summed E-state index contributed by atoms with van der Waals surface area (Å²) >= 11 is 0. The van der Waals surface area contributed by atoms with Crippen molar-refractivity contribution in [3.05, 3.63) is 29.8 Å². The smallest absolute Gasteiger partial charge is 0.323 e. The minimum absolute atomic E-state index is 0.201. The maximum absolute atomic E-state index is 12.1. The summed E-state index contributed by atoms with van der Waals surface area (Å²) in [6.07, 6.45) is 0. The molecule has 2 amide bonds. The molecule has 0 unspecified atom stereocenters. The van der Waals surface area contributed by atoms with Crippen LogP contribution in [0.1, 0.15) is 5.56 Å². The van der Waals surface area contributed by atoms with Gasteiger partial charge in [0.1, 0.15) is 6.54 Å². The summed E-state index contributed by atoms with van der Waals surface area (Å²) in [7, 11) is 3.08. The first-order chi connectivity index (χ1) is 10.1. The van der Waals surface area contributed by atoms with Crippen LogP contribution in [0.15, 0.2) is 24.3 Å². The molecule has 7 nitrogen and oxygen atoms in total. The normalized spacial score (nSPS) is 10.2. The van der Waals surface area contributed by atoms with E-state index in [1.54, 1.807) is 25.3 Å². The second-order valence-corrected chi connectivity index (χ2v) is 4.37. The fraction of sp³-hybridized carbons (Fsp3) is 0.429. The minimum Gasteiger partial charge on any atom is -0.480 e. The van der Waals surface area contributed by atoms with E-state index in [0.717, 1.165) is 5.56 Å². The number of nitrogens with zero attached hydrogens (tertiary/aromatic N) is 1. The Labute approximate surface area is 123 Å². The third kappa shape index (κ3) is 6.24.